The molecule has 0 aliphatic rings. The number of imidazole rings is 1. The third-order valence-corrected chi connectivity index (χ3v) is 3.01. The summed E-state index contributed by atoms with van der Waals surface area (Å²) in [7, 11) is 2.86. The van der Waals surface area contributed by atoms with Crippen LogP contribution in [0.1, 0.15) is 16.2 Å². The molecule has 0 spiro atoms. The van der Waals surface area contributed by atoms with E-state index in [0.717, 1.165) is 0 Å². The Morgan fingerprint density at radius 2 is 2.11 bits per heavy atom. The minimum atomic E-state index is -0.494. The Morgan fingerprint density at radius 1 is 1.37 bits per heavy atom. The molecule has 0 saturated heterocycles. The first-order valence-corrected chi connectivity index (χ1v) is 5.94. The first-order chi connectivity index (χ1) is 9.08. The fraction of sp³-hybridized carbons (Fsp3) is 0.231. The number of carbonyl (C=O) groups is 1. The number of aryl methyl sites for hydroxylation is 1. The van der Waals surface area contributed by atoms with Crippen molar-refractivity contribution >= 4 is 17.6 Å². The molecule has 0 bridgehead atoms. The SMILES string of the molecule is COC(=O)c1nc(-c2c(Cl)cccc2OC)[nH]c1C. The van der Waals surface area contributed by atoms with Crippen LogP contribution in [0.15, 0.2) is 18.2 Å². The van der Waals surface area contributed by atoms with E-state index in [9.17, 15) is 4.79 Å². The van der Waals surface area contributed by atoms with Crippen LogP contribution in [-0.2, 0) is 4.74 Å². The van der Waals surface area contributed by atoms with E-state index in [1.54, 1.807) is 32.2 Å². The Balaban J connectivity index is 2.57. The molecule has 0 amide bonds. The molecule has 0 radical (unpaired) electrons. The van der Waals surface area contributed by atoms with Gasteiger partial charge in [0.25, 0.3) is 0 Å². The molecule has 5 nitrogen and oxygen atoms in total. The lowest BCUT2D eigenvalue weighted by molar-refractivity contribution is 0.0594. The van der Waals surface area contributed by atoms with E-state index >= 15 is 0 Å². The monoisotopic (exact) mass is 280 g/mol. The van der Waals surface area contributed by atoms with Crippen LogP contribution in [0.4, 0.5) is 0 Å². The molecule has 0 unspecified atom stereocenters. The van der Waals surface area contributed by atoms with E-state index in [1.165, 1.54) is 7.11 Å². The lowest BCUT2D eigenvalue weighted by Gasteiger charge is -2.07. The van der Waals surface area contributed by atoms with Crippen molar-refractivity contribution in [2.75, 3.05) is 14.2 Å². The van der Waals surface area contributed by atoms with Gasteiger partial charge in [-0.1, -0.05) is 17.7 Å². The van der Waals surface area contributed by atoms with Crippen molar-refractivity contribution in [1.29, 1.82) is 0 Å². The van der Waals surface area contributed by atoms with Crippen LogP contribution in [-0.4, -0.2) is 30.2 Å². The minimum absolute atomic E-state index is 0.236. The number of hydrogen-bond donors (Lipinski definition) is 1. The second-order valence-electron chi connectivity index (χ2n) is 3.87. The summed E-state index contributed by atoms with van der Waals surface area (Å²) in [6.45, 7) is 1.74. The largest absolute Gasteiger partial charge is 0.496 e. The molecule has 100 valence electrons. The number of methoxy groups -OCH3 is 2. The molecule has 0 aliphatic heterocycles. The number of carbonyl (C=O) groups excluding carboxylic acids is 1. The number of halogens is 1. The number of aromatic amines is 1. The van der Waals surface area contributed by atoms with Crippen LogP contribution in [0.25, 0.3) is 11.4 Å². The topological polar surface area (TPSA) is 64.2 Å². The molecule has 0 aliphatic carbocycles. The summed E-state index contributed by atoms with van der Waals surface area (Å²) < 4.78 is 9.92. The average Bonchev–Trinajstić information content (AvgIpc) is 2.79. The first kappa shape index (κ1) is 13.4. The molecule has 0 saturated carbocycles. The Bertz CT molecular complexity index is 622. The number of nitrogens with zero attached hydrogens (tertiary/aromatic N) is 1. The number of nitrogens with one attached hydrogen (secondary N) is 1. The number of benzene rings is 1. The molecule has 1 heterocycles. The fourth-order valence-electron chi connectivity index (χ4n) is 1.78. The Kier molecular flexibility index (Phi) is 3.76. The van der Waals surface area contributed by atoms with Crippen LogP contribution in [0, 0.1) is 6.92 Å². The number of aromatic nitrogens is 2. The van der Waals surface area contributed by atoms with E-state index < -0.39 is 5.97 Å². The van der Waals surface area contributed by atoms with Gasteiger partial charge >= 0.3 is 5.97 Å². The van der Waals surface area contributed by atoms with Crippen LogP contribution >= 0.6 is 11.6 Å². The molecule has 2 aromatic rings. The maximum Gasteiger partial charge on any atom is 0.358 e. The van der Waals surface area contributed by atoms with Gasteiger partial charge in [0, 0.05) is 5.69 Å². The zero-order valence-electron chi connectivity index (χ0n) is 10.8. The average molecular weight is 281 g/mol. The highest BCUT2D eigenvalue weighted by molar-refractivity contribution is 6.33. The third-order valence-electron chi connectivity index (χ3n) is 2.70. The Labute approximate surface area is 115 Å². The first-order valence-electron chi connectivity index (χ1n) is 5.56. The highest BCUT2D eigenvalue weighted by Gasteiger charge is 2.19. The van der Waals surface area contributed by atoms with Crippen molar-refractivity contribution in [3.8, 4) is 17.1 Å². The Morgan fingerprint density at radius 3 is 2.74 bits per heavy atom. The number of ether oxygens (including phenoxy) is 2. The van der Waals surface area contributed by atoms with E-state index in [4.69, 9.17) is 16.3 Å². The lowest BCUT2D eigenvalue weighted by atomic mass is 10.2. The third kappa shape index (κ3) is 2.42. The maximum atomic E-state index is 11.5. The number of esters is 1. The van der Waals surface area contributed by atoms with Crippen molar-refractivity contribution < 1.29 is 14.3 Å². The zero-order valence-corrected chi connectivity index (χ0v) is 11.5. The molecule has 1 aromatic heterocycles. The summed E-state index contributed by atoms with van der Waals surface area (Å²) in [6, 6.07) is 5.29. The Hall–Kier alpha value is -2.01. The smallest absolute Gasteiger partial charge is 0.358 e. The zero-order chi connectivity index (χ0) is 14.0. The molecule has 1 aromatic carbocycles. The lowest BCUT2D eigenvalue weighted by Crippen LogP contribution is -2.03. The van der Waals surface area contributed by atoms with Crippen molar-refractivity contribution in [2.24, 2.45) is 0 Å². The summed E-state index contributed by atoms with van der Waals surface area (Å²) in [4.78, 5) is 18.8. The van der Waals surface area contributed by atoms with E-state index in [-0.39, 0.29) is 5.69 Å². The van der Waals surface area contributed by atoms with Crippen LogP contribution in [0.5, 0.6) is 5.75 Å². The predicted molar refractivity (Wildman–Crippen MR) is 71.7 cm³/mol. The van der Waals surface area contributed by atoms with Gasteiger partial charge in [-0.3, -0.25) is 0 Å². The van der Waals surface area contributed by atoms with Crippen LogP contribution in [0.3, 0.4) is 0 Å². The summed E-state index contributed by atoms with van der Waals surface area (Å²) in [6.07, 6.45) is 0. The van der Waals surface area contributed by atoms with Crippen molar-refractivity contribution in [2.45, 2.75) is 6.92 Å². The fourth-order valence-corrected chi connectivity index (χ4v) is 2.03. The summed E-state index contributed by atoms with van der Waals surface area (Å²) in [5, 5.41) is 0.490. The second kappa shape index (κ2) is 5.32. The molecule has 0 fully saturated rings. The summed E-state index contributed by atoms with van der Waals surface area (Å²) in [5.41, 5.74) is 1.47. The quantitative estimate of drug-likeness (QED) is 0.878. The molecule has 1 N–H and O–H groups in total. The molecule has 19 heavy (non-hydrogen) atoms. The number of rotatable bonds is 3. The summed E-state index contributed by atoms with van der Waals surface area (Å²) >= 11 is 6.16. The number of H-pyrrole nitrogens is 1. The van der Waals surface area contributed by atoms with Gasteiger partial charge < -0.3 is 14.5 Å². The van der Waals surface area contributed by atoms with Gasteiger partial charge in [0.15, 0.2) is 5.69 Å². The van der Waals surface area contributed by atoms with Gasteiger partial charge in [0.2, 0.25) is 0 Å². The van der Waals surface area contributed by atoms with Gasteiger partial charge in [-0.15, -0.1) is 0 Å². The molecular formula is C13H13ClN2O3. The van der Waals surface area contributed by atoms with Gasteiger partial charge in [-0.05, 0) is 19.1 Å². The molecular weight excluding hydrogens is 268 g/mol. The van der Waals surface area contributed by atoms with Crippen molar-refractivity contribution in [3.05, 3.63) is 34.6 Å². The van der Waals surface area contributed by atoms with Gasteiger partial charge in [0.05, 0.1) is 24.8 Å². The maximum absolute atomic E-state index is 11.5. The van der Waals surface area contributed by atoms with E-state index in [0.29, 0.717) is 27.9 Å². The number of hydrogen-bond acceptors (Lipinski definition) is 4. The van der Waals surface area contributed by atoms with Crippen molar-refractivity contribution in [3.63, 3.8) is 0 Å². The van der Waals surface area contributed by atoms with Gasteiger partial charge in [0.1, 0.15) is 11.6 Å². The molecule has 2 rings (SSSR count). The van der Waals surface area contributed by atoms with Crippen molar-refractivity contribution in [1.82, 2.24) is 9.97 Å². The van der Waals surface area contributed by atoms with E-state index in [1.807, 2.05) is 0 Å². The molecule has 0 atom stereocenters. The van der Waals surface area contributed by atoms with E-state index in [2.05, 4.69) is 14.7 Å². The highest BCUT2D eigenvalue weighted by atomic mass is 35.5. The highest BCUT2D eigenvalue weighted by Crippen LogP contribution is 2.35. The molecule has 6 heteroatoms. The minimum Gasteiger partial charge on any atom is -0.496 e. The van der Waals surface area contributed by atoms with Crippen LogP contribution < -0.4 is 4.74 Å². The van der Waals surface area contributed by atoms with Gasteiger partial charge in [-0.2, -0.15) is 0 Å². The predicted octanol–water partition coefficient (Wildman–Crippen LogP) is 2.83. The van der Waals surface area contributed by atoms with Gasteiger partial charge in [-0.25, -0.2) is 9.78 Å². The second-order valence-corrected chi connectivity index (χ2v) is 4.27. The standard InChI is InChI=1S/C13H13ClN2O3/c1-7-11(13(17)19-3)16-12(15-7)10-8(14)5-4-6-9(10)18-2/h4-6H,1-3H3,(H,15,16). The van der Waals surface area contributed by atoms with Crippen LogP contribution in [0.2, 0.25) is 5.02 Å². The summed E-state index contributed by atoms with van der Waals surface area (Å²) in [5.74, 6) is 0.559. The normalized spacial score (nSPS) is 10.3.